The number of anilines is 3. The van der Waals surface area contributed by atoms with Crippen LogP contribution in [-0.2, 0) is 14.8 Å². The van der Waals surface area contributed by atoms with E-state index in [0.717, 1.165) is 0 Å². The maximum atomic E-state index is 12.7. The van der Waals surface area contributed by atoms with E-state index in [0.29, 0.717) is 45.0 Å². The van der Waals surface area contributed by atoms with E-state index in [9.17, 15) is 23.3 Å². The minimum atomic E-state index is -3.62. The van der Waals surface area contributed by atoms with Crippen LogP contribution in [-0.4, -0.2) is 84.5 Å². The van der Waals surface area contributed by atoms with Crippen molar-refractivity contribution in [3.05, 3.63) is 40.7 Å². The number of nitrogens with one attached hydrogen (secondary N) is 1. The van der Waals surface area contributed by atoms with Crippen molar-refractivity contribution in [3.8, 4) is 0 Å². The highest BCUT2D eigenvalue weighted by Crippen LogP contribution is 2.34. The van der Waals surface area contributed by atoms with E-state index in [1.54, 1.807) is 30.6 Å². The zero-order valence-corrected chi connectivity index (χ0v) is 20.7. The molecule has 0 unspecified atom stereocenters. The second-order valence-electron chi connectivity index (χ2n) is 7.56. The Kier molecular flexibility index (Phi) is 8.40. The van der Waals surface area contributed by atoms with Gasteiger partial charge in [0.15, 0.2) is 0 Å². The van der Waals surface area contributed by atoms with Gasteiger partial charge in [-0.05, 0) is 31.2 Å². The number of rotatable bonds is 9. The fourth-order valence-electron chi connectivity index (χ4n) is 3.74. The first-order chi connectivity index (χ1) is 16.7. The summed E-state index contributed by atoms with van der Waals surface area (Å²) in [5.41, 5.74) is 0.125. The topological polar surface area (TPSA) is 151 Å². The summed E-state index contributed by atoms with van der Waals surface area (Å²) in [7, 11) is -3.62. The first kappa shape index (κ1) is 26.1. The lowest BCUT2D eigenvalue weighted by atomic mass is 10.3. The molecule has 1 N–H and O–H groups in total. The Morgan fingerprint density at radius 3 is 2.29 bits per heavy atom. The summed E-state index contributed by atoms with van der Waals surface area (Å²) in [6.45, 7) is 7.58. The van der Waals surface area contributed by atoms with Gasteiger partial charge in [-0.2, -0.15) is 4.31 Å². The van der Waals surface area contributed by atoms with Crippen molar-refractivity contribution in [2.45, 2.75) is 25.7 Å². The predicted octanol–water partition coefficient (Wildman–Crippen LogP) is 2.44. The summed E-state index contributed by atoms with van der Waals surface area (Å²) in [4.78, 5) is 34.9. The average molecular weight is 508 g/mol. The van der Waals surface area contributed by atoms with Crippen LogP contribution in [0.1, 0.15) is 20.8 Å². The number of benzene rings is 1. The quantitative estimate of drug-likeness (QED) is 0.396. The van der Waals surface area contributed by atoms with Gasteiger partial charge in [-0.25, -0.2) is 23.2 Å². The number of hydrogen-bond acceptors (Lipinski definition) is 10. The van der Waals surface area contributed by atoms with Crippen LogP contribution in [0.15, 0.2) is 35.5 Å². The Morgan fingerprint density at radius 1 is 1.11 bits per heavy atom. The number of piperazine rings is 1. The lowest BCUT2D eigenvalue weighted by molar-refractivity contribution is -0.383. The number of aromatic nitrogens is 2. The third-order valence-corrected chi connectivity index (χ3v) is 7.62. The van der Waals surface area contributed by atoms with Gasteiger partial charge in [0.1, 0.15) is 6.33 Å². The summed E-state index contributed by atoms with van der Waals surface area (Å²) in [5, 5.41) is 14.8. The molecule has 190 valence electrons. The molecule has 0 radical (unpaired) electrons. The molecule has 3 rings (SSSR count). The van der Waals surface area contributed by atoms with Crippen LogP contribution in [0.2, 0.25) is 0 Å². The molecular weight excluding hydrogens is 478 g/mol. The molecule has 0 atom stereocenters. The number of hydrogen-bond donors (Lipinski definition) is 1. The summed E-state index contributed by atoms with van der Waals surface area (Å²) in [6, 6.07) is 5.94. The number of carbonyl (C=O) groups is 1. The number of nitro groups is 1. The zero-order valence-electron chi connectivity index (χ0n) is 19.9. The predicted molar refractivity (Wildman–Crippen MR) is 129 cm³/mol. The van der Waals surface area contributed by atoms with E-state index in [1.807, 2.05) is 0 Å². The number of ether oxygens (including phenoxy) is 1. The molecule has 0 aliphatic carbocycles. The third kappa shape index (κ3) is 5.77. The highest BCUT2D eigenvalue weighted by molar-refractivity contribution is 7.89. The fourth-order valence-corrected chi connectivity index (χ4v) is 5.19. The van der Waals surface area contributed by atoms with Gasteiger partial charge < -0.3 is 19.9 Å². The van der Waals surface area contributed by atoms with Crippen molar-refractivity contribution in [1.29, 1.82) is 0 Å². The van der Waals surface area contributed by atoms with Gasteiger partial charge >= 0.3 is 11.8 Å². The van der Waals surface area contributed by atoms with Crippen molar-refractivity contribution in [3.63, 3.8) is 0 Å². The van der Waals surface area contributed by atoms with Crippen LogP contribution >= 0.6 is 0 Å². The largest absolute Gasteiger partial charge is 0.450 e. The van der Waals surface area contributed by atoms with E-state index < -0.39 is 21.0 Å². The summed E-state index contributed by atoms with van der Waals surface area (Å²) < 4.78 is 31.7. The molecule has 1 saturated heterocycles. The van der Waals surface area contributed by atoms with Gasteiger partial charge in [-0.3, -0.25) is 10.1 Å². The number of sulfonamides is 1. The van der Waals surface area contributed by atoms with Crippen LogP contribution in [0.25, 0.3) is 0 Å². The fraction of sp³-hybridized carbons (Fsp3) is 0.476. The van der Waals surface area contributed by atoms with E-state index in [1.165, 1.54) is 34.9 Å². The summed E-state index contributed by atoms with van der Waals surface area (Å²) in [5.74, 6) is 0.115. The second-order valence-corrected chi connectivity index (χ2v) is 9.50. The Bertz CT molecular complexity index is 1150. The van der Waals surface area contributed by atoms with Gasteiger partial charge in [-0.15, -0.1) is 0 Å². The Balaban J connectivity index is 1.81. The molecule has 1 fully saturated rings. The normalized spacial score (nSPS) is 14.2. The highest BCUT2D eigenvalue weighted by Gasteiger charge is 2.31. The molecule has 1 aliphatic rings. The van der Waals surface area contributed by atoms with Gasteiger partial charge in [-0.1, -0.05) is 13.8 Å². The molecule has 1 aromatic carbocycles. The molecule has 0 spiro atoms. The second kappa shape index (κ2) is 11.3. The molecule has 2 heterocycles. The van der Waals surface area contributed by atoms with E-state index in [-0.39, 0.29) is 28.8 Å². The molecule has 14 heteroatoms. The molecule has 1 aromatic heterocycles. The molecule has 2 aromatic rings. The molecular formula is C21H29N7O6S. The van der Waals surface area contributed by atoms with Crippen LogP contribution < -0.4 is 10.2 Å². The van der Waals surface area contributed by atoms with E-state index in [2.05, 4.69) is 15.3 Å². The van der Waals surface area contributed by atoms with Crippen molar-refractivity contribution in [2.24, 2.45) is 0 Å². The van der Waals surface area contributed by atoms with Crippen LogP contribution in [0.5, 0.6) is 0 Å². The first-order valence-corrected chi connectivity index (χ1v) is 12.7. The SMILES string of the molecule is CCOC(=O)N1CCN(c2ncnc(Nc3ccc(S(=O)(=O)N(CC)CC)cc3)c2[N+](=O)[O-])CC1. The molecule has 0 bridgehead atoms. The van der Waals surface area contributed by atoms with Crippen LogP contribution in [0, 0.1) is 10.1 Å². The van der Waals surface area contributed by atoms with Gasteiger partial charge in [0.05, 0.1) is 16.4 Å². The molecule has 0 saturated carbocycles. The Morgan fingerprint density at radius 2 is 1.74 bits per heavy atom. The van der Waals surface area contributed by atoms with Crippen LogP contribution in [0.3, 0.4) is 0 Å². The zero-order chi connectivity index (χ0) is 25.6. The average Bonchev–Trinajstić information content (AvgIpc) is 2.85. The smallest absolute Gasteiger partial charge is 0.409 e. The minimum absolute atomic E-state index is 0.0211. The van der Waals surface area contributed by atoms with Gasteiger partial charge in [0.25, 0.3) is 0 Å². The Labute approximate surface area is 203 Å². The van der Waals surface area contributed by atoms with Crippen LogP contribution in [0.4, 0.5) is 27.8 Å². The van der Waals surface area contributed by atoms with Crippen molar-refractivity contribution in [2.75, 3.05) is 56.1 Å². The maximum absolute atomic E-state index is 12.7. The maximum Gasteiger partial charge on any atom is 0.409 e. The van der Waals surface area contributed by atoms with Crippen molar-refractivity contribution < 1.29 is 22.9 Å². The van der Waals surface area contributed by atoms with Crippen molar-refractivity contribution >= 4 is 39.1 Å². The first-order valence-electron chi connectivity index (χ1n) is 11.3. The summed E-state index contributed by atoms with van der Waals surface area (Å²) >= 11 is 0. The van der Waals surface area contributed by atoms with Crippen molar-refractivity contribution in [1.82, 2.24) is 19.2 Å². The standard InChI is InChI=1S/C21H29N7O6S/c1-4-27(5-2)35(32,33)17-9-7-16(8-10-17)24-19-18(28(30)31)20(23-15-22-19)25-11-13-26(14-12-25)21(29)34-6-3/h7-10,15H,4-6,11-14H2,1-3H3,(H,22,23,24). The molecule has 35 heavy (non-hydrogen) atoms. The van der Waals surface area contributed by atoms with E-state index in [4.69, 9.17) is 4.74 Å². The number of carbonyl (C=O) groups excluding carboxylic acids is 1. The molecule has 13 nitrogen and oxygen atoms in total. The number of nitrogens with zero attached hydrogens (tertiary/aromatic N) is 6. The molecule has 1 amide bonds. The highest BCUT2D eigenvalue weighted by atomic mass is 32.2. The monoisotopic (exact) mass is 507 g/mol. The Hall–Kier alpha value is -3.52. The number of amides is 1. The third-order valence-electron chi connectivity index (χ3n) is 5.55. The van der Waals surface area contributed by atoms with Gasteiger partial charge in [0.2, 0.25) is 21.7 Å². The molecule has 1 aliphatic heterocycles. The lowest BCUT2D eigenvalue weighted by Gasteiger charge is -2.34. The summed E-state index contributed by atoms with van der Waals surface area (Å²) in [6.07, 6.45) is 0.805. The van der Waals surface area contributed by atoms with E-state index >= 15 is 0 Å². The minimum Gasteiger partial charge on any atom is -0.450 e. The van der Waals surface area contributed by atoms with Gasteiger partial charge in [0, 0.05) is 45.0 Å². The lowest BCUT2D eigenvalue weighted by Crippen LogP contribution is -2.49.